The zero-order valence-corrected chi connectivity index (χ0v) is 10.4. The molecule has 1 heterocycles. The Morgan fingerprint density at radius 3 is 2.59 bits per heavy atom. The molecule has 0 N–H and O–H groups in total. The number of para-hydroxylation sites is 1. The van der Waals surface area contributed by atoms with Gasteiger partial charge in [-0.2, -0.15) is 0 Å². The number of rotatable bonds is 4. The summed E-state index contributed by atoms with van der Waals surface area (Å²) in [7, 11) is 0. The van der Waals surface area contributed by atoms with Gasteiger partial charge in [0.25, 0.3) is 0 Å². The zero-order valence-electron chi connectivity index (χ0n) is 9.68. The van der Waals surface area contributed by atoms with Crippen molar-refractivity contribution in [2.45, 2.75) is 12.8 Å². The van der Waals surface area contributed by atoms with Crippen molar-refractivity contribution in [3.05, 3.63) is 48.4 Å². The molecule has 0 aliphatic heterocycles. The van der Waals surface area contributed by atoms with E-state index >= 15 is 0 Å². The van der Waals surface area contributed by atoms with Crippen LogP contribution in [0.3, 0.4) is 0 Å². The van der Waals surface area contributed by atoms with Crippen LogP contribution in [0.2, 0.25) is 0 Å². The first-order valence-electron chi connectivity index (χ1n) is 5.54. The largest absolute Gasteiger partial charge is 0.325 e. The molecule has 0 amide bonds. The summed E-state index contributed by atoms with van der Waals surface area (Å²) < 4.78 is 0. The van der Waals surface area contributed by atoms with E-state index in [0.29, 0.717) is 5.88 Å². The molecule has 1 aromatic heterocycles. The van der Waals surface area contributed by atoms with Crippen LogP contribution in [0.5, 0.6) is 0 Å². The first-order chi connectivity index (χ1) is 8.35. The summed E-state index contributed by atoms with van der Waals surface area (Å²) in [5.74, 6) is 1.21. The maximum atomic E-state index is 5.77. The van der Waals surface area contributed by atoms with E-state index in [1.807, 2.05) is 18.2 Å². The summed E-state index contributed by atoms with van der Waals surface area (Å²) in [5.41, 5.74) is 1.90. The van der Waals surface area contributed by atoms with Gasteiger partial charge in [-0.25, -0.2) is 4.98 Å². The van der Waals surface area contributed by atoms with Crippen LogP contribution in [0.25, 0.3) is 0 Å². The third-order valence-electron chi connectivity index (χ3n) is 2.47. The number of nitrogens with zero attached hydrogens (tertiary/aromatic N) is 3. The standard InChI is InChI=1S/C13H14ClN3/c1-2-17(12-6-4-3-5-7-12)13-10-15-9-11(8-14)16-13/h3-7,9-10H,2,8H2,1H3. The molecule has 0 spiro atoms. The molecule has 0 radical (unpaired) electrons. The van der Waals surface area contributed by atoms with Crippen LogP contribution < -0.4 is 4.90 Å². The maximum absolute atomic E-state index is 5.77. The van der Waals surface area contributed by atoms with E-state index in [-0.39, 0.29) is 0 Å². The van der Waals surface area contributed by atoms with Gasteiger partial charge >= 0.3 is 0 Å². The van der Waals surface area contributed by atoms with Crippen LogP contribution in [0, 0.1) is 0 Å². The third kappa shape index (κ3) is 2.74. The van der Waals surface area contributed by atoms with Gasteiger partial charge in [0.2, 0.25) is 0 Å². The van der Waals surface area contributed by atoms with Gasteiger partial charge in [-0.1, -0.05) is 18.2 Å². The van der Waals surface area contributed by atoms with E-state index in [1.165, 1.54) is 0 Å². The average Bonchev–Trinajstić information content (AvgIpc) is 2.41. The van der Waals surface area contributed by atoms with Crippen LogP contribution in [0.15, 0.2) is 42.7 Å². The number of hydrogen-bond donors (Lipinski definition) is 0. The lowest BCUT2D eigenvalue weighted by Crippen LogP contribution is -2.17. The highest BCUT2D eigenvalue weighted by Gasteiger charge is 2.08. The highest BCUT2D eigenvalue weighted by atomic mass is 35.5. The third-order valence-corrected chi connectivity index (χ3v) is 2.74. The quantitative estimate of drug-likeness (QED) is 0.776. The fraction of sp³-hybridized carbons (Fsp3) is 0.231. The fourth-order valence-corrected chi connectivity index (χ4v) is 1.80. The van der Waals surface area contributed by atoms with E-state index in [1.54, 1.807) is 12.4 Å². The van der Waals surface area contributed by atoms with Gasteiger partial charge in [-0.3, -0.25) is 4.98 Å². The van der Waals surface area contributed by atoms with Crippen LogP contribution in [-0.4, -0.2) is 16.5 Å². The van der Waals surface area contributed by atoms with Crippen molar-refractivity contribution >= 4 is 23.1 Å². The molecule has 0 unspecified atom stereocenters. The Balaban J connectivity index is 2.35. The number of benzene rings is 1. The van der Waals surface area contributed by atoms with Crippen molar-refractivity contribution in [1.29, 1.82) is 0 Å². The second-order valence-electron chi connectivity index (χ2n) is 3.58. The fourth-order valence-electron chi connectivity index (χ4n) is 1.67. The molecule has 0 atom stereocenters. The van der Waals surface area contributed by atoms with Crippen LogP contribution in [0.1, 0.15) is 12.6 Å². The molecule has 2 rings (SSSR count). The normalized spacial score (nSPS) is 10.2. The molecule has 0 aliphatic carbocycles. The number of hydrogen-bond acceptors (Lipinski definition) is 3. The highest BCUT2D eigenvalue weighted by Crippen LogP contribution is 2.22. The van der Waals surface area contributed by atoms with E-state index in [0.717, 1.165) is 23.7 Å². The molecular weight excluding hydrogens is 234 g/mol. The Bertz CT molecular complexity index is 473. The topological polar surface area (TPSA) is 29.0 Å². The summed E-state index contributed by atoms with van der Waals surface area (Å²) in [5, 5.41) is 0. The van der Waals surface area contributed by atoms with Gasteiger partial charge in [0, 0.05) is 18.4 Å². The van der Waals surface area contributed by atoms with Gasteiger partial charge < -0.3 is 4.90 Å². The Kier molecular flexibility index (Phi) is 3.94. The maximum Gasteiger partial charge on any atom is 0.151 e. The number of aromatic nitrogens is 2. The number of alkyl halides is 1. The molecule has 2 aromatic rings. The molecule has 0 fully saturated rings. The van der Waals surface area contributed by atoms with Crippen LogP contribution >= 0.6 is 11.6 Å². The van der Waals surface area contributed by atoms with Gasteiger partial charge in [0.1, 0.15) is 0 Å². The van der Waals surface area contributed by atoms with Crippen molar-refractivity contribution in [3.8, 4) is 0 Å². The predicted octanol–water partition coefficient (Wildman–Crippen LogP) is 3.37. The molecule has 1 aromatic carbocycles. The van der Waals surface area contributed by atoms with Crippen molar-refractivity contribution in [1.82, 2.24) is 9.97 Å². The molecule has 0 aliphatic rings. The summed E-state index contributed by atoms with van der Waals surface area (Å²) in [6.45, 7) is 2.92. The van der Waals surface area contributed by atoms with Crippen LogP contribution in [-0.2, 0) is 5.88 Å². The summed E-state index contributed by atoms with van der Waals surface area (Å²) in [4.78, 5) is 10.7. The van der Waals surface area contributed by atoms with Crippen molar-refractivity contribution in [3.63, 3.8) is 0 Å². The Morgan fingerprint density at radius 2 is 1.94 bits per heavy atom. The lowest BCUT2D eigenvalue weighted by atomic mass is 10.3. The van der Waals surface area contributed by atoms with E-state index in [9.17, 15) is 0 Å². The Morgan fingerprint density at radius 1 is 1.18 bits per heavy atom. The summed E-state index contributed by atoms with van der Waals surface area (Å²) in [6, 6.07) is 10.1. The molecule has 4 heteroatoms. The highest BCUT2D eigenvalue weighted by molar-refractivity contribution is 6.16. The monoisotopic (exact) mass is 247 g/mol. The molecule has 0 saturated carbocycles. The molecule has 3 nitrogen and oxygen atoms in total. The van der Waals surface area contributed by atoms with Gasteiger partial charge in [0.05, 0.1) is 17.8 Å². The minimum atomic E-state index is 0.382. The second kappa shape index (κ2) is 5.64. The Hall–Kier alpha value is -1.61. The molecular formula is C13H14ClN3. The second-order valence-corrected chi connectivity index (χ2v) is 3.85. The van der Waals surface area contributed by atoms with Crippen LogP contribution in [0.4, 0.5) is 11.5 Å². The van der Waals surface area contributed by atoms with E-state index in [4.69, 9.17) is 11.6 Å². The molecule has 0 saturated heterocycles. The lowest BCUT2D eigenvalue weighted by Gasteiger charge is -2.21. The van der Waals surface area contributed by atoms with E-state index in [2.05, 4.69) is 33.9 Å². The average molecular weight is 248 g/mol. The lowest BCUT2D eigenvalue weighted by molar-refractivity contribution is 0.957. The van der Waals surface area contributed by atoms with Crippen molar-refractivity contribution in [2.75, 3.05) is 11.4 Å². The van der Waals surface area contributed by atoms with Crippen molar-refractivity contribution < 1.29 is 0 Å². The minimum Gasteiger partial charge on any atom is -0.325 e. The van der Waals surface area contributed by atoms with Gasteiger partial charge in [0.15, 0.2) is 5.82 Å². The Labute approximate surface area is 106 Å². The summed E-state index contributed by atoms with van der Waals surface area (Å²) >= 11 is 5.77. The van der Waals surface area contributed by atoms with Gasteiger partial charge in [-0.05, 0) is 19.1 Å². The SMILES string of the molecule is CCN(c1ccccc1)c1cncc(CCl)n1. The first-order valence-corrected chi connectivity index (χ1v) is 6.08. The van der Waals surface area contributed by atoms with Gasteiger partial charge in [-0.15, -0.1) is 11.6 Å². The zero-order chi connectivity index (χ0) is 12.1. The number of halogens is 1. The smallest absolute Gasteiger partial charge is 0.151 e. The molecule has 88 valence electrons. The predicted molar refractivity (Wildman–Crippen MR) is 70.7 cm³/mol. The number of anilines is 2. The molecule has 0 bridgehead atoms. The summed E-state index contributed by atoms with van der Waals surface area (Å²) in [6.07, 6.45) is 3.45. The van der Waals surface area contributed by atoms with E-state index < -0.39 is 0 Å². The first kappa shape index (κ1) is 11.9. The molecule has 17 heavy (non-hydrogen) atoms. The van der Waals surface area contributed by atoms with Crippen molar-refractivity contribution in [2.24, 2.45) is 0 Å². The minimum absolute atomic E-state index is 0.382.